The lowest BCUT2D eigenvalue weighted by Gasteiger charge is -2.22. The molecule has 32 heavy (non-hydrogen) atoms. The normalized spacial score (nSPS) is 11.6. The number of nitrogens with one attached hydrogen (secondary N) is 1. The van der Waals surface area contributed by atoms with Crippen molar-refractivity contribution in [1.29, 1.82) is 0 Å². The highest BCUT2D eigenvalue weighted by Crippen LogP contribution is 2.25. The number of hydrogen-bond acceptors (Lipinski definition) is 4. The van der Waals surface area contributed by atoms with Gasteiger partial charge in [-0.15, -0.1) is 0 Å². The fraction of sp³-hybridized carbons (Fsp3) is 0.238. The van der Waals surface area contributed by atoms with Crippen LogP contribution in [0.15, 0.2) is 70.6 Å². The van der Waals surface area contributed by atoms with E-state index in [9.17, 15) is 13.2 Å². The van der Waals surface area contributed by atoms with Crippen LogP contribution in [-0.2, 0) is 27.9 Å². The summed E-state index contributed by atoms with van der Waals surface area (Å²) in [6, 6.07) is 11.1. The number of carbonyl (C=O) groups is 1. The van der Waals surface area contributed by atoms with E-state index >= 15 is 0 Å². The molecule has 0 aliphatic carbocycles. The Balaban J connectivity index is 1.72. The summed E-state index contributed by atoms with van der Waals surface area (Å²) in [7, 11) is -3.94. The molecule has 0 aliphatic rings. The second kappa shape index (κ2) is 11.3. The maximum absolute atomic E-state index is 13.3. The fourth-order valence-electron chi connectivity index (χ4n) is 2.95. The number of nitrogens with zero attached hydrogens (tertiary/aromatic N) is 3. The third-order valence-corrected chi connectivity index (χ3v) is 7.66. The smallest absolute Gasteiger partial charge is 0.243 e. The minimum absolute atomic E-state index is 0.0300. The van der Waals surface area contributed by atoms with Crippen molar-refractivity contribution in [1.82, 2.24) is 19.2 Å². The Bertz CT molecular complexity index is 1160. The van der Waals surface area contributed by atoms with Gasteiger partial charge in [-0.1, -0.05) is 45.2 Å². The molecule has 3 aromatic rings. The SMILES string of the molecule is O=C(CN(Cc1ccc(Cl)c(Cl)c1)S(=O)(=O)c1ccc(Br)cc1)NCCCn1ccnc1. The van der Waals surface area contributed by atoms with Gasteiger partial charge in [-0.2, -0.15) is 4.31 Å². The average molecular weight is 560 g/mol. The van der Waals surface area contributed by atoms with Crippen LogP contribution in [0.25, 0.3) is 0 Å². The molecule has 2 aromatic carbocycles. The first-order valence-electron chi connectivity index (χ1n) is 9.68. The lowest BCUT2D eigenvalue weighted by Crippen LogP contribution is -2.40. The van der Waals surface area contributed by atoms with Crippen LogP contribution < -0.4 is 5.32 Å². The third-order valence-electron chi connectivity index (χ3n) is 4.59. The van der Waals surface area contributed by atoms with E-state index in [0.29, 0.717) is 35.1 Å². The van der Waals surface area contributed by atoms with Crippen molar-refractivity contribution in [2.24, 2.45) is 0 Å². The summed E-state index contributed by atoms with van der Waals surface area (Å²) in [4.78, 5) is 16.6. The molecule has 0 saturated heterocycles. The minimum Gasteiger partial charge on any atom is -0.355 e. The van der Waals surface area contributed by atoms with Gasteiger partial charge < -0.3 is 9.88 Å². The summed E-state index contributed by atoms with van der Waals surface area (Å²) < 4.78 is 30.3. The Morgan fingerprint density at radius 1 is 1.12 bits per heavy atom. The summed E-state index contributed by atoms with van der Waals surface area (Å²) in [5, 5.41) is 3.46. The summed E-state index contributed by atoms with van der Waals surface area (Å²) >= 11 is 15.4. The van der Waals surface area contributed by atoms with E-state index in [0.717, 1.165) is 8.78 Å². The number of benzene rings is 2. The third kappa shape index (κ3) is 6.79. The monoisotopic (exact) mass is 558 g/mol. The van der Waals surface area contributed by atoms with Crippen LogP contribution in [0.2, 0.25) is 10.0 Å². The van der Waals surface area contributed by atoms with Crippen molar-refractivity contribution in [2.45, 2.75) is 24.4 Å². The van der Waals surface area contributed by atoms with Gasteiger partial charge in [0.2, 0.25) is 15.9 Å². The molecular formula is C21H21BrCl2N4O3S. The number of halogens is 3. The quantitative estimate of drug-likeness (QED) is 0.374. The standard InChI is InChI=1S/C21H21BrCl2N4O3S/c22-17-3-5-18(6-4-17)32(30,31)28(13-16-2-7-19(23)20(24)12-16)14-21(29)26-8-1-10-27-11-9-25-15-27/h2-7,9,11-12,15H,1,8,10,13-14H2,(H,26,29). The molecule has 1 N–H and O–H groups in total. The van der Waals surface area contributed by atoms with E-state index in [2.05, 4.69) is 26.2 Å². The van der Waals surface area contributed by atoms with Crippen LogP contribution in [0.4, 0.5) is 0 Å². The Morgan fingerprint density at radius 2 is 1.88 bits per heavy atom. The molecule has 0 radical (unpaired) electrons. The summed E-state index contributed by atoms with van der Waals surface area (Å²) in [6.07, 6.45) is 5.91. The van der Waals surface area contributed by atoms with Gasteiger partial charge in [-0.05, 0) is 48.4 Å². The Labute approximate surface area is 205 Å². The van der Waals surface area contributed by atoms with Gasteiger partial charge in [-0.25, -0.2) is 13.4 Å². The van der Waals surface area contributed by atoms with E-state index in [1.165, 1.54) is 12.1 Å². The highest BCUT2D eigenvalue weighted by Gasteiger charge is 2.27. The van der Waals surface area contributed by atoms with Gasteiger partial charge in [-0.3, -0.25) is 4.79 Å². The molecule has 0 unspecified atom stereocenters. The highest BCUT2D eigenvalue weighted by atomic mass is 79.9. The first-order valence-corrected chi connectivity index (χ1v) is 12.7. The van der Waals surface area contributed by atoms with Crippen LogP contribution >= 0.6 is 39.1 Å². The van der Waals surface area contributed by atoms with Crippen molar-refractivity contribution in [3.63, 3.8) is 0 Å². The maximum Gasteiger partial charge on any atom is 0.243 e. The van der Waals surface area contributed by atoms with Crippen LogP contribution in [0.3, 0.4) is 0 Å². The van der Waals surface area contributed by atoms with Crippen molar-refractivity contribution in [3.8, 4) is 0 Å². The maximum atomic E-state index is 13.3. The second-order valence-electron chi connectivity index (χ2n) is 6.98. The number of aromatic nitrogens is 2. The number of aryl methyl sites for hydroxylation is 1. The molecule has 0 spiro atoms. The molecule has 1 aromatic heterocycles. The van der Waals surface area contributed by atoms with E-state index in [1.807, 2.05) is 10.8 Å². The number of rotatable bonds is 10. The zero-order chi connectivity index (χ0) is 23.1. The zero-order valence-electron chi connectivity index (χ0n) is 16.9. The number of imidazole rings is 1. The van der Waals surface area contributed by atoms with E-state index < -0.39 is 15.9 Å². The lowest BCUT2D eigenvalue weighted by atomic mass is 10.2. The van der Waals surface area contributed by atoms with Crippen LogP contribution in [-0.4, -0.2) is 41.3 Å². The van der Waals surface area contributed by atoms with Crippen LogP contribution in [0.5, 0.6) is 0 Å². The topological polar surface area (TPSA) is 84.3 Å². The summed E-state index contributed by atoms with van der Waals surface area (Å²) in [5.74, 6) is -0.392. The molecule has 3 rings (SSSR count). The van der Waals surface area contributed by atoms with Crippen LogP contribution in [0.1, 0.15) is 12.0 Å². The predicted octanol–water partition coefficient (Wildman–Crippen LogP) is 4.35. The van der Waals surface area contributed by atoms with Crippen LogP contribution in [0, 0.1) is 0 Å². The van der Waals surface area contributed by atoms with Crippen molar-refractivity contribution >= 4 is 55.1 Å². The molecule has 0 fully saturated rings. The molecule has 1 heterocycles. The second-order valence-corrected chi connectivity index (χ2v) is 10.6. The number of hydrogen-bond donors (Lipinski definition) is 1. The molecule has 0 bridgehead atoms. The Hall–Kier alpha value is -1.91. The molecule has 0 saturated carbocycles. The molecule has 7 nitrogen and oxygen atoms in total. The van der Waals surface area contributed by atoms with Crippen molar-refractivity contribution < 1.29 is 13.2 Å². The van der Waals surface area contributed by atoms with Gasteiger partial charge in [0.1, 0.15) is 0 Å². The number of sulfonamides is 1. The van der Waals surface area contributed by atoms with Gasteiger partial charge in [0.15, 0.2) is 0 Å². The molecule has 170 valence electrons. The van der Waals surface area contributed by atoms with Gasteiger partial charge in [0.25, 0.3) is 0 Å². The first kappa shape index (κ1) is 24.7. The minimum atomic E-state index is -3.94. The number of carbonyl (C=O) groups excluding carboxylic acids is 1. The fourth-order valence-corrected chi connectivity index (χ4v) is 4.92. The van der Waals surface area contributed by atoms with E-state index in [1.54, 1.807) is 42.9 Å². The molecule has 0 aliphatic heterocycles. The van der Waals surface area contributed by atoms with Gasteiger partial charge in [0.05, 0.1) is 27.8 Å². The largest absolute Gasteiger partial charge is 0.355 e. The molecular weight excluding hydrogens is 539 g/mol. The molecule has 1 amide bonds. The summed E-state index contributed by atoms with van der Waals surface area (Å²) in [5.41, 5.74) is 0.619. The predicted molar refractivity (Wildman–Crippen MR) is 128 cm³/mol. The van der Waals surface area contributed by atoms with Crippen molar-refractivity contribution in [3.05, 3.63) is 81.3 Å². The van der Waals surface area contributed by atoms with Crippen molar-refractivity contribution in [2.75, 3.05) is 13.1 Å². The summed E-state index contributed by atoms with van der Waals surface area (Å²) in [6.45, 7) is 0.752. The number of amides is 1. The van der Waals surface area contributed by atoms with Gasteiger partial charge in [0, 0.05) is 36.5 Å². The Morgan fingerprint density at radius 3 is 2.53 bits per heavy atom. The van der Waals surface area contributed by atoms with E-state index in [4.69, 9.17) is 23.2 Å². The Kier molecular flexibility index (Phi) is 8.72. The highest BCUT2D eigenvalue weighted by molar-refractivity contribution is 9.10. The average Bonchev–Trinajstić information content (AvgIpc) is 3.27. The molecule has 11 heteroatoms. The zero-order valence-corrected chi connectivity index (χ0v) is 20.8. The van der Waals surface area contributed by atoms with Gasteiger partial charge >= 0.3 is 0 Å². The first-order chi connectivity index (χ1) is 15.3. The molecule has 0 atom stereocenters. The lowest BCUT2D eigenvalue weighted by molar-refractivity contribution is -0.121. The van der Waals surface area contributed by atoms with E-state index in [-0.39, 0.29) is 18.0 Å².